The van der Waals surface area contributed by atoms with Crippen LogP contribution in [0.4, 0.5) is 17.1 Å². The number of guanidine groups is 2. The predicted molar refractivity (Wildman–Crippen MR) is 88.3 cm³/mol. The molecular formula is C14H15ClN6. The number of aliphatic imine (C=N–C) groups is 2. The van der Waals surface area contributed by atoms with Gasteiger partial charge in [-0.2, -0.15) is 4.99 Å². The standard InChI is InChI=1S/C14H15ClN6/c15-9-5-7-10(8-6-9)19-11-3-1-2-4-12(11)20-14(18)21-13(16)17/h1-8,19H,(H6,16,17,18,20,21). The Labute approximate surface area is 127 Å². The third kappa shape index (κ3) is 4.39. The van der Waals surface area contributed by atoms with Crippen LogP contribution in [0.25, 0.3) is 0 Å². The summed E-state index contributed by atoms with van der Waals surface area (Å²) in [6, 6.07) is 14.7. The maximum atomic E-state index is 5.86. The van der Waals surface area contributed by atoms with Crippen molar-refractivity contribution in [2.75, 3.05) is 5.32 Å². The van der Waals surface area contributed by atoms with E-state index in [4.69, 9.17) is 28.8 Å². The van der Waals surface area contributed by atoms with Crippen molar-refractivity contribution in [2.24, 2.45) is 27.2 Å². The maximum Gasteiger partial charge on any atom is 0.223 e. The predicted octanol–water partition coefficient (Wildman–Crippen LogP) is 2.30. The van der Waals surface area contributed by atoms with E-state index < -0.39 is 0 Å². The van der Waals surface area contributed by atoms with E-state index >= 15 is 0 Å². The number of nitrogens with two attached hydrogens (primary N) is 3. The first kappa shape index (κ1) is 14.7. The van der Waals surface area contributed by atoms with Gasteiger partial charge in [0.05, 0.1) is 11.4 Å². The van der Waals surface area contributed by atoms with E-state index in [2.05, 4.69) is 15.3 Å². The first-order chi connectivity index (χ1) is 10.0. The number of para-hydroxylation sites is 2. The summed E-state index contributed by atoms with van der Waals surface area (Å²) in [5.41, 5.74) is 18.4. The molecule has 0 saturated heterocycles. The Kier molecular flexibility index (Phi) is 4.63. The molecule has 0 bridgehead atoms. The molecule has 108 valence electrons. The van der Waals surface area contributed by atoms with E-state index in [1.54, 1.807) is 18.2 Å². The van der Waals surface area contributed by atoms with Gasteiger partial charge in [-0.15, -0.1) is 0 Å². The fourth-order valence-corrected chi connectivity index (χ4v) is 1.77. The largest absolute Gasteiger partial charge is 0.370 e. The van der Waals surface area contributed by atoms with Crippen molar-refractivity contribution < 1.29 is 0 Å². The lowest BCUT2D eigenvalue weighted by Gasteiger charge is -2.09. The van der Waals surface area contributed by atoms with Gasteiger partial charge in [0.2, 0.25) is 5.96 Å². The highest BCUT2D eigenvalue weighted by molar-refractivity contribution is 6.30. The molecule has 0 spiro atoms. The molecule has 0 unspecified atom stereocenters. The van der Waals surface area contributed by atoms with Gasteiger partial charge in [0.25, 0.3) is 0 Å². The smallest absolute Gasteiger partial charge is 0.223 e. The Balaban J connectivity index is 2.29. The van der Waals surface area contributed by atoms with Gasteiger partial charge in [-0.05, 0) is 36.4 Å². The Morgan fingerprint density at radius 3 is 2.29 bits per heavy atom. The topological polar surface area (TPSA) is 115 Å². The molecule has 0 aliphatic rings. The molecule has 0 fully saturated rings. The fourth-order valence-electron chi connectivity index (χ4n) is 1.65. The molecule has 0 amide bonds. The van der Waals surface area contributed by atoms with E-state index in [0.717, 1.165) is 11.4 Å². The second-order valence-electron chi connectivity index (χ2n) is 4.16. The molecule has 2 aromatic carbocycles. The van der Waals surface area contributed by atoms with Crippen molar-refractivity contribution in [3.05, 3.63) is 53.6 Å². The summed E-state index contributed by atoms with van der Waals surface area (Å²) in [6.07, 6.45) is 0. The van der Waals surface area contributed by atoms with Crippen molar-refractivity contribution >= 4 is 40.6 Å². The second-order valence-corrected chi connectivity index (χ2v) is 4.59. The van der Waals surface area contributed by atoms with Crippen molar-refractivity contribution in [1.29, 1.82) is 0 Å². The van der Waals surface area contributed by atoms with E-state index in [-0.39, 0.29) is 11.9 Å². The zero-order valence-corrected chi connectivity index (χ0v) is 11.9. The summed E-state index contributed by atoms with van der Waals surface area (Å²) in [5, 5.41) is 3.90. The molecular weight excluding hydrogens is 288 g/mol. The van der Waals surface area contributed by atoms with Gasteiger partial charge in [-0.25, -0.2) is 4.99 Å². The normalized spacial score (nSPS) is 11.0. The third-order valence-electron chi connectivity index (χ3n) is 2.51. The summed E-state index contributed by atoms with van der Waals surface area (Å²) in [4.78, 5) is 7.86. The number of halogens is 1. The highest BCUT2D eigenvalue weighted by Crippen LogP contribution is 2.28. The van der Waals surface area contributed by atoms with Crippen LogP contribution in [0.3, 0.4) is 0 Å². The number of hydrogen-bond acceptors (Lipinski definition) is 2. The number of anilines is 2. The molecule has 7 heteroatoms. The number of hydrogen-bond donors (Lipinski definition) is 4. The van der Waals surface area contributed by atoms with Gasteiger partial charge in [0.15, 0.2) is 5.96 Å². The molecule has 0 aromatic heterocycles. The highest BCUT2D eigenvalue weighted by Gasteiger charge is 2.02. The summed E-state index contributed by atoms with van der Waals surface area (Å²) in [5.74, 6) is -0.153. The van der Waals surface area contributed by atoms with Crippen LogP contribution >= 0.6 is 11.6 Å². The molecule has 0 aliphatic heterocycles. The first-order valence-corrected chi connectivity index (χ1v) is 6.48. The Morgan fingerprint density at radius 1 is 0.952 bits per heavy atom. The number of nitrogens with zero attached hydrogens (tertiary/aromatic N) is 2. The van der Waals surface area contributed by atoms with Crippen molar-refractivity contribution in [3.8, 4) is 0 Å². The Hall–Kier alpha value is -2.73. The molecule has 6 nitrogen and oxygen atoms in total. The lowest BCUT2D eigenvalue weighted by Crippen LogP contribution is -2.26. The van der Waals surface area contributed by atoms with Crippen LogP contribution in [0.1, 0.15) is 0 Å². The number of benzene rings is 2. The van der Waals surface area contributed by atoms with Crippen LogP contribution in [0.15, 0.2) is 58.5 Å². The highest BCUT2D eigenvalue weighted by atomic mass is 35.5. The quantitative estimate of drug-likeness (QED) is 0.514. The Bertz CT molecular complexity index is 674. The van der Waals surface area contributed by atoms with Crippen LogP contribution in [-0.2, 0) is 0 Å². The molecule has 0 saturated carbocycles. The third-order valence-corrected chi connectivity index (χ3v) is 2.76. The van der Waals surface area contributed by atoms with Crippen molar-refractivity contribution in [3.63, 3.8) is 0 Å². The first-order valence-electron chi connectivity index (χ1n) is 6.10. The van der Waals surface area contributed by atoms with Gasteiger partial charge in [-0.1, -0.05) is 23.7 Å². The average molecular weight is 303 g/mol. The summed E-state index contributed by atoms with van der Waals surface area (Å²) >= 11 is 5.86. The molecule has 0 heterocycles. The lowest BCUT2D eigenvalue weighted by atomic mass is 10.2. The SMILES string of the molecule is NC(N)=NC(N)=Nc1ccccc1Nc1ccc(Cl)cc1. The van der Waals surface area contributed by atoms with E-state index in [1.165, 1.54) is 0 Å². The van der Waals surface area contributed by atoms with Crippen LogP contribution in [0.5, 0.6) is 0 Å². The summed E-state index contributed by atoms with van der Waals surface area (Å²) in [6.45, 7) is 0. The molecule has 2 rings (SSSR count). The monoisotopic (exact) mass is 302 g/mol. The van der Waals surface area contributed by atoms with Gasteiger partial charge >= 0.3 is 0 Å². The number of rotatable bonds is 3. The number of nitrogens with one attached hydrogen (secondary N) is 1. The minimum absolute atomic E-state index is 0.0136. The van der Waals surface area contributed by atoms with E-state index in [0.29, 0.717) is 10.7 Å². The van der Waals surface area contributed by atoms with Crippen LogP contribution in [-0.4, -0.2) is 11.9 Å². The van der Waals surface area contributed by atoms with E-state index in [9.17, 15) is 0 Å². The minimum Gasteiger partial charge on any atom is -0.370 e. The molecule has 2 aromatic rings. The Morgan fingerprint density at radius 2 is 1.62 bits per heavy atom. The van der Waals surface area contributed by atoms with Gasteiger partial charge in [0.1, 0.15) is 0 Å². The van der Waals surface area contributed by atoms with E-state index in [1.807, 2.05) is 30.3 Å². The molecule has 0 radical (unpaired) electrons. The summed E-state index contributed by atoms with van der Waals surface area (Å²) in [7, 11) is 0. The van der Waals surface area contributed by atoms with Crippen LogP contribution < -0.4 is 22.5 Å². The molecule has 7 N–H and O–H groups in total. The molecule has 21 heavy (non-hydrogen) atoms. The van der Waals surface area contributed by atoms with Gasteiger partial charge < -0.3 is 22.5 Å². The second kappa shape index (κ2) is 6.62. The molecule has 0 atom stereocenters. The van der Waals surface area contributed by atoms with Crippen molar-refractivity contribution in [2.45, 2.75) is 0 Å². The zero-order chi connectivity index (χ0) is 15.2. The minimum atomic E-state index is -0.139. The van der Waals surface area contributed by atoms with Gasteiger partial charge in [-0.3, -0.25) is 0 Å². The lowest BCUT2D eigenvalue weighted by molar-refractivity contribution is 1.37. The van der Waals surface area contributed by atoms with Crippen molar-refractivity contribution in [1.82, 2.24) is 0 Å². The van der Waals surface area contributed by atoms with Crippen LogP contribution in [0.2, 0.25) is 5.02 Å². The maximum absolute atomic E-state index is 5.86. The summed E-state index contributed by atoms with van der Waals surface area (Å²) < 4.78 is 0. The van der Waals surface area contributed by atoms with Crippen LogP contribution in [0, 0.1) is 0 Å². The van der Waals surface area contributed by atoms with Gasteiger partial charge in [0, 0.05) is 10.7 Å². The fraction of sp³-hybridized carbons (Fsp3) is 0. The molecule has 0 aliphatic carbocycles. The zero-order valence-electron chi connectivity index (χ0n) is 11.1. The average Bonchev–Trinajstić information content (AvgIpc) is 2.42.